The number of hydrogen-bond donors (Lipinski definition) is 1. The smallest absolute Gasteiger partial charge is 0.243 e. The summed E-state index contributed by atoms with van der Waals surface area (Å²) in [6.07, 6.45) is 8.33. The van der Waals surface area contributed by atoms with Gasteiger partial charge in [0.2, 0.25) is 5.95 Å². The van der Waals surface area contributed by atoms with Crippen molar-refractivity contribution in [3.63, 3.8) is 0 Å². The van der Waals surface area contributed by atoms with Crippen LogP contribution in [0.25, 0.3) is 5.65 Å². The molecule has 0 aromatic carbocycles. The zero-order valence-electron chi connectivity index (χ0n) is 11.2. The van der Waals surface area contributed by atoms with Gasteiger partial charge in [-0.15, -0.1) is 5.10 Å². The lowest BCUT2D eigenvalue weighted by Gasteiger charge is -2.27. The molecule has 0 spiro atoms. The molecule has 2 aromatic heterocycles. The summed E-state index contributed by atoms with van der Waals surface area (Å²) in [5.41, 5.74) is 1.26. The van der Waals surface area contributed by atoms with Gasteiger partial charge in [0, 0.05) is 12.7 Å². The molecule has 0 saturated heterocycles. The van der Waals surface area contributed by atoms with Crippen molar-refractivity contribution >= 4 is 23.2 Å². The van der Waals surface area contributed by atoms with Crippen molar-refractivity contribution in [1.29, 1.82) is 0 Å². The van der Waals surface area contributed by atoms with E-state index >= 15 is 0 Å². The predicted molar refractivity (Wildman–Crippen MR) is 77.7 cm³/mol. The first-order valence-electron chi connectivity index (χ1n) is 6.97. The Morgan fingerprint density at radius 2 is 2.16 bits per heavy atom. The highest BCUT2D eigenvalue weighted by atomic mass is 35.5. The molecule has 0 unspecified atom stereocenters. The van der Waals surface area contributed by atoms with Gasteiger partial charge in [0.25, 0.3) is 0 Å². The maximum absolute atomic E-state index is 5.94. The monoisotopic (exact) mass is 278 g/mol. The van der Waals surface area contributed by atoms with Crippen molar-refractivity contribution in [2.45, 2.75) is 39.0 Å². The molecule has 3 rings (SSSR count). The first-order valence-corrected chi connectivity index (χ1v) is 7.34. The van der Waals surface area contributed by atoms with Crippen LogP contribution in [0.5, 0.6) is 0 Å². The second kappa shape index (κ2) is 5.00. The molecule has 2 heterocycles. The number of fused-ring (bicyclic) bond motifs is 1. The number of aromatic nitrogens is 3. The van der Waals surface area contributed by atoms with Crippen LogP contribution in [0.1, 0.15) is 39.0 Å². The fourth-order valence-corrected chi connectivity index (χ4v) is 3.14. The van der Waals surface area contributed by atoms with E-state index in [4.69, 9.17) is 11.6 Å². The fraction of sp³-hybridized carbons (Fsp3) is 0.571. The van der Waals surface area contributed by atoms with Crippen LogP contribution in [0.3, 0.4) is 0 Å². The van der Waals surface area contributed by atoms with Gasteiger partial charge in [-0.05, 0) is 36.8 Å². The average Bonchev–Trinajstić information content (AvgIpc) is 3.02. The summed E-state index contributed by atoms with van der Waals surface area (Å²) in [6, 6.07) is 3.71. The van der Waals surface area contributed by atoms with Gasteiger partial charge in [0.1, 0.15) is 0 Å². The van der Waals surface area contributed by atoms with Crippen LogP contribution in [0.4, 0.5) is 5.95 Å². The maximum atomic E-state index is 5.94. The standard InChI is InChI=1S/C14H19ClN4/c1-2-14(7-3-4-8-14)10-16-13-17-12-6-5-11(15)9-19(12)18-13/h5-6,9H,2-4,7-8,10H2,1H3,(H,16,18). The third-order valence-corrected chi connectivity index (χ3v) is 4.55. The molecule has 1 N–H and O–H groups in total. The van der Waals surface area contributed by atoms with Crippen LogP contribution in [-0.2, 0) is 0 Å². The lowest BCUT2D eigenvalue weighted by molar-refractivity contribution is 0.306. The predicted octanol–water partition coefficient (Wildman–Crippen LogP) is 3.77. The Hall–Kier alpha value is -1.29. The van der Waals surface area contributed by atoms with Crippen molar-refractivity contribution in [3.05, 3.63) is 23.4 Å². The molecule has 1 aliphatic carbocycles. The highest BCUT2D eigenvalue weighted by Crippen LogP contribution is 2.40. The first-order chi connectivity index (χ1) is 9.21. The van der Waals surface area contributed by atoms with E-state index in [9.17, 15) is 0 Å². The van der Waals surface area contributed by atoms with Gasteiger partial charge in [-0.1, -0.05) is 31.4 Å². The average molecular weight is 279 g/mol. The molecule has 102 valence electrons. The van der Waals surface area contributed by atoms with Crippen molar-refractivity contribution in [2.75, 3.05) is 11.9 Å². The summed E-state index contributed by atoms with van der Waals surface area (Å²) in [7, 11) is 0. The number of hydrogen-bond acceptors (Lipinski definition) is 3. The Balaban J connectivity index is 1.74. The van der Waals surface area contributed by atoms with Gasteiger partial charge >= 0.3 is 0 Å². The summed E-state index contributed by atoms with van der Waals surface area (Å²) in [5, 5.41) is 8.48. The molecule has 19 heavy (non-hydrogen) atoms. The zero-order valence-corrected chi connectivity index (χ0v) is 12.0. The van der Waals surface area contributed by atoms with Crippen molar-refractivity contribution in [1.82, 2.24) is 14.6 Å². The Kier molecular flexibility index (Phi) is 3.35. The molecule has 0 bridgehead atoms. The molecule has 0 radical (unpaired) electrons. The Morgan fingerprint density at radius 1 is 1.37 bits per heavy atom. The minimum atomic E-state index is 0.440. The number of halogens is 1. The molecular formula is C14H19ClN4. The highest BCUT2D eigenvalue weighted by Gasteiger charge is 2.31. The topological polar surface area (TPSA) is 42.2 Å². The van der Waals surface area contributed by atoms with Gasteiger partial charge in [-0.25, -0.2) is 4.52 Å². The molecule has 0 aliphatic heterocycles. The normalized spacial score (nSPS) is 18.0. The van der Waals surface area contributed by atoms with Crippen molar-refractivity contribution in [3.8, 4) is 0 Å². The molecule has 0 atom stereocenters. The summed E-state index contributed by atoms with van der Waals surface area (Å²) >= 11 is 5.94. The minimum Gasteiger partial charge on any atom is -0.352 e. The van der Waals surface area contributed by atoms with Crippen LogP contribution >= 0.6 is 11.6 Å². The second-order valence-corrected chi connectivity index (χ2v) is 5.94. The molecule has 1 saturated carbocycles. The number of nitrogens with zero attached hydrogens (tertiary/aromatic N) is 3. The number of nitrogens with one attached hydrogen (secondary N) is 1. The lowest BCUT2D eigenvalue weighted by atomic mass is 9.83. The molecule has 1 fully saturated rings. The van der Waals surface area contributed by atoms with Crippen molar-refractivity contribution in [2.24, 2.45) is 5.41 Å². The van der Waals surface area contributed by atoms with E-state index in [0.29, 0.717) is 16.4 Å². The van der Waals surface area contributed by atoms with Crippen LogP contribution in [0.2, 0.25) is 5.02 Å². The first kappa shape index (κ1) is 12.7. The summed E-state index contributed by atoms with van der Waals surface area (Å²) < 4.78 is 1.72. The quantitative estimate of drug-likeness (QED) is 0.926. The second-order valence-electron chi connectivity index (χ2n) is 5.50. The Bertz CT molecular complexity index is 572. The van der Waals surface area contributed by atoms with E-state index in [2.05, 4.69) is 22.3 Å². The number of pyridine rings is 1. The van der Waals surface area contributed by atoms with Crippen LogP contribution < -0.4 is 5.32 Å². The molecular weight excluding hydrogens is 260 g/mol. The molecule has 1 aliphatic rings. The molecule has 4 nitrogen and oxygen atoms in total. The van der Waals surface area contributed by atoms with E-state index in [1.807, 2.05) is 12.1 Å². The number of anilines is 1. The Morgan fingerprint density at radius 3 is 2.89 bits per heavy atom. The SMILES string of the molecule is CCC1(CNc2nc3ccc(Cl)cn3n2)CCCC1. The molecule has 5 heteroatoms. The van der Waals surface area contributed by atoms with Gasteiger partial charge in [-0.3, -0.25) is 0 Å². The van der Waals surface area contributed by atoms with Gasteiger partial charge < -0.3 is 5.32 Å². The molecule has 2 aromatic rings. The van der Waals surface area contributed by atoms with Gasteiger partial charge in [0.15, 0.2) is 5.65 Å². The largest absolute Gasteiger partial charge is 0.352 e. The van der Waals surface area contributed by atoms with E-state index < -0.39 is 0 Å². The maximum Gasteiger partial charge on any atom is 0.243 e. The van der Waals surface area contributed by atoms with E-state index in [0.717, 1.165) is 12.2 Å². The third kappa shape index (κ3) is 2.54. The third-order valence-electron chi connectivity index (χ3n) is 4.33. The summed E-state index contributed by atoms with van der Waals surface area (Å²) in [5.74, 6) is 0.696. The Labute approximate surface area is 118 Å². The minimum absolute atomic E-state index is 0.440. The van der Waals surface area contributed by atoms with Crippen LogP contribution in [0.15, 0.2) is 18.3 Å². The van der Waals surface area contributed by atoms with Gasteiger partial charge in [0.05, 0.1) is 5.02 Å². The zero-order chi connectivity index (χ0) is 13.3. The van der Waals surface area contributed by atoms with E-state index in [1.165, 1.54) is 32.1 Å². The van der Waals surface area contributed by atoms with E-state index in [-0.39, 0.29) is 0 Å². The fourth-order valence-electron chi connectivity index (χ4n) is 2.98. The molecule has 0 amide bonds. The van der Waals surface area contributed by atoms with E-state index in [1.54, 1.807) is 10.7 Å². The summed E-state index contributed by atoms with van der Waals surface area (Å²) in [4.78, 5) is 4.46. The summed E-state index contributed by atoms with van der Waals surface area (Å²) in [6.45, 7) is 3.25. The van der Waals surface area contributed by atoms with Gasteiger partial charge in [-0.2, -0.15) is 4.98 Å². The van der Waals surface area contributed by atoms with Crippen LogP contribution in [0, 0.1) is 5.41 Å². The number of rotatable bonds is 4. The van der Waals surface area contributed by atoms with Crippen molar-refractivity contribution < 1.29 is 0 Å². The lowest BCUT2D eigenvalue weighted by Crippen LogP contribution is -2.26. The van der Waals surface area contributed by atoms with Crippen LogP contribution in [-0.4, -0.2) is 21.1 Å². The highest BCUT2D eigenvalue weighted by molar-refractivity contribution is 6.30.